The molecule has 20 heavy (non-hydrogen) atoms. The highest BCUT2D eigenvalue weighted by molar-refractivity contribution is 5.84. The van der Waals surface area contributed by atoms with Crippen LogP contribution < -0.4 is 0 Å². The quantitative estimate of drug-likeness (QED) is 0.842. The van der Waals surface area contributed by atoms with E-state index in [4.69, 9.17) is 0 Å². The van der Waals surface area contributed by atoms with Crippen LogP contribution in [-0.4, -0.2) is 41.2 Å². The van der Waals surface area contributed by atoms with Crippen molar-refractivity contribution < 1.29 is 9.59 Å². The SMILES string of the molecule is CC(=O)N(CC(=O)N1CCCC1)Cc1ccccc1C. The van der Waals surface area contributed by atoms with Gasteiger partial charge in [-0.05, 0) is 30.9 Å². The van der Waals surface area contributed by atoms with E-state index in [0.29, 0.717) is 6.54 Å². The van der Waals surface area contributed by atoms with Gasteiger partial charge < -0.3 is 9.80 Å². The highest BCUT2D eigenvalue weighted by Crippen LogP contribution is 2.12. The van der Waals surface area contributed by atoms with Crippen LogP contribution in [0.1, 0.15) is 30.9 Å². The molecule has 1 aromatic rings. The van der Waals surface area contributed by atoms with E-state index in [0.717, 1.165) is 37.1 Å². The number of nitrogens with zero attached hydrogens (tertiary/aromatic N) is 2. The van der Waals surface area contributed by atoms with Crippen molar-refractivity contribution in [1.82, 2.24) is 9.80 Å². The van der Waals surface area contributed by atoms with Gasteiger partial charge in [-0.1, -0.05) is 24.3 Å². The zero-order valence-electron chi connectivity index (χ0n) is 12.3. The largest absolute Gasteiger partial charge is 0.341 e. The van der Waals surface area contributed by atoms with Gasteiger partial charge in [0.05, 0.1) is 0 Å². The number of amides is 2. The van der Waals surface area contributed by atoms with Crippen LogP contribution in [-0.2, 0) is 16.1 Å². The first-order valence-electron chi connectivity index (χ1n) is 7.15. The molecular formula is C16H22N2O2. The predicted molar refractivity (Wildman–Crippen MR) is 78.1 cm³/mol. The highest BCUT2D eigenvalue weighted by Gasteiger charge is 2.22. The first kappa shape index (κ1) is 14.6. The van der Waals surface area contributed by atoms with Crippen LogP contribution in [0.15, 0.2) is 24.3 Å². The third-order valence-electron chi connectivity index (χ3n) is 3.85. The summed E-state index contributed by atoms with van der Waals surface area (Å²) < 4.78 is 0. The zero-order chi connectivity index (χ0) is 14.5. The summed E-state index contributed by atoms with van der Waals surface area (Å²) in [5, 5.41) is 0. The molecule has 2 amide bonds. The molecule has 1 heterocycles. The van der Waals surface area contributed by atoms with Crippen LogP contribution in [0.5, 0.6) is 0 Å². The summed E-state index contributed by atoms with van der Waals surface area (Å²) in [4.78, 5) is 27.4. The lowest BCUT2D eigenvalue weighted by atomic mass is 10.1. The summed E-state index contributed by atoms with van der Waals surface area (Å²) in [5.74, 6) is 0.00656. The van der Waals surface area contributed by atoms with E-state index in [2.05, 4.69) is 0 Å². The van der Waals surface area contributed by atoms with Crippen molar-refractivity contribution in [2.24, 2.45) is 0 Å². The smallest absolute Gasteiger partial charge is 0.242 e. The fraction of sp³-hybridized carbons (Fsp3) is 0.500. The Morgan fingerprint density at radius 1 is 1.20 bits per heavy atom. The van der Waals surface area contributed by atoms with Gasteiger partial charge in [0.25, 0.3) is 0 Å². The molecule has 2 rings (SSSR count). The van der Waals surface area contributed by atoms with Gasteiger partial charge in [0, 0.05) is 26.6 Å². The molecule has 0 aromatic heterocycles. The summed E-state index contributed by atoms with van der Waals surface area (Å²) in [6.45, 7) is 5.89. The van der Waals surface area contributed by atoms with E-state index in [1.807, 2.05) is 36.1 Å². The van der Waals surface area contributed by atoms with Crippen molar-refractivity contribution in [2.45, 2.75) is 33.2 Å². The number of hydrogen-bond acceptors (Lipinski definition) is 2. The molecule has 108 valence electrons. The summed E-state index contributed by atoms with van der Waals surface area (Å²) >= 11 is 0. The van der Waals surface area contributed by atoms with Gasteiger partial charge in [0.2, 0.25) is 11.8 Å². The van der Waals surface area contributed by atoms with Crippen molar-refractivity contribution >= 4 is 11.8 Å². The molecule has 4 nitrogen and oxygen atoms in total. The van der Waals surface area contributed by atoms with E-state index < -0.39 is 0 Å². The van der Waals surface area contributed by atoms with E-state index in [9.17, 15) is 9.59 Å². The fourth-order valence-corrected chi connectivity index (χ4v) is 2.50. The number of hydrogen-bond donors (Lipinski definition) is 0. The molecule has 0 atom stereocenters. The molecule has 1 aliphatic heterocycles. The normalized spacial score (nSPS) is 14.4. The van der Waals surface area contributed by atoms with Crippen LogP contribution in [0.25, 0.3) is 0 Å². The van der Waals surface area contributed by atoms with Crippen LogP contribution in [0.4, 0.5) is 0 Å². The third kappa shape index (κ3) is 3.59. The van der Waals surface area contributed by atoms with Crippen molar-refractivity contribution in [2.75, 3.05) is 19.6 Å². The molecule has 1 saturated heterocycles. The maximum atomic E-state index is 12.2. The van der Waals surface area contributed by atoms with Crippen LogP contribution >= 0.6 is 0 Å². The average molecular weight is 274 g/mol. The standard InChI is InChI=1S/C16H22N2O2/c1-13-7-3-4-8-15(13)11-18(14(2)19)12-16(20)17-9-5-6-10-17/h3-4,7-8H,5-6,9-12H2,1-2H3. The molecule has 0 unspecified atom stereocenters. The Hall–Kier alpha value is -1.84. The second-order valence-electron chi connectivity index (χ2n) is 5.39. The van der Waals surface area contributed by atoms with Crippen molar-refractivity contribution in [3.05, 3.63) is 35.4 Å². The van der Waals surface area contributed by atoms with E-state index in [1.54, 1.807) is 4.90 Å². The van der Waals surface area contributed by atoms with Gasteiger partial charge >= 0.3 is 0 Å². The molecule has 0 N–H and O–H groups in total. The Morgan fingerprint density at radius 2 is 1.85 bits per heavy atom. The Balaban J connectivity index is 2.02. The molecular weight excluding hydrogens is 252 g/mol. The minimum Gasteiger partial charge on any atom is -0.341 e. The van der Waals surface area contributed by atoms with Crippen molar-refractivity contribution in [3.8, 4) is 0 Å². The van der Waals surface area contributed by atoms with Crippen LogP contribution in [0.3, 0.4) is 0 Å². The second-order valence-corrected chi connectivity index (χ2v) is 5.39. The van der Waals surface area contributed by atoms with Gasteiger partial charge in [0.15, 0.2) is 0 Å². The lowest BCUT2D eigenvalue weighted by Crippen LogP contribution is -2.40. The topological polar surface area (TPSA) is 40.6 Å². The average Bonchev–Trinajstić information content (AvgIpc) is 2.94. The molecule has 0 bridgehead atoms. The first-order valence-corrected chi connectivity index (χ1v) is 7.15. The summed E-state index contributed by atoms with van der Waals surface area (Å²) in [7, 11) is 0. The maximum Gasteiger partial charge on any atom is 0.242 e. The van der Waals surface area contributed by atoms with Gasteiger partial charge in [-0.25, -0.2) is 0 Å². The number of likely N-dealkylation sites (tertiary alicyclic amines) is 1. The number of carbonyl (C=O) groups excluding carboxylic acids is 2. The molecule has 0 radical (unpaired) electrons. The molecule has 1 fully saturated rings. The maximum absolute atomic E-state index is 12.2. The number of benzene rings is 1. The number of carbonyl (C=O) groups is 2. The van der Waals surface area contributed by atoms with E-state index in [1.165, 1.54) is 6.92 Å². The van der Waals surface area contributed by atoms with Gasteiger partial charge in [-0.3, -0.25) is 9.59 Å². The van der Waals surface area contributed by atoms with E-state index in [-0.39, 0.29) is 18.4 Å². The minimum absolute atomic E-state index is 0.0548. The Bertz CT molecular complexity index is 493. The zero-order valence-corrected chi connectivity index (χ0v) is 12.3. The molecule has 1 aliphatic rings. The fourth-order valence-electron chi connectivity index (χ4n) is 2.50. The Kier molecular flexibility index (Phi) is 4.77. The monoisotopic (exact) mass is 274 g/mol. The van der Waals surface area contributed by atoms with Crippen LogP contribution in [0.2, 0.25) is 0 Å². The number of rotatable bonds is 4. The minimum atomic E-state index is -0.0548. The second kappa shape index (κ2) is 6.55. The third-order valence-corrected chi connectivity index (χ3v) is 3.85. The van der Waals surface area contributed by atoms with Crippen molar-refractivity contribution in [1.29, 1.82) is 0 Å². The van der Waals surface area contributed by atoms with Crippen molar-refractivity contribution in [3.63, 3.8) is 0 Å². The Morgan fingerprint density at radius 3 is 2.45 bits per heavy atom. The Labute approximate surface area is 120 Å². The predicted octanol–water partition coefficient (Wildman–Crippen LogP) is 1.97. The molecule has 1 aromatic carbocycles. The van der Waals surface area contributed by atoms with Crippen LogP contribution in [0, 0.1) is 6.92 Å². The van der Waals surface area contributed by atoms with Gasteiger partial charge in [0.1, 0.15) is 6.54 Å². The van der Waals surface area contributed by atoms with E-state index >= 15 is 0 Å². The molecule has 0 aliphatic carbocycles. The molecule has 0 saturated carbocycles. The summed E-state index contributed by atoms with van der Waals surface area (Å²) in [6, 6.07) is 7.97. The summed E-state index contributed by atoms with van der Waals surface area (Å²) in [6.07, 6.45) is 2.15. The highest BCUT2D eigenvalue weighted by atomic mass is 16.2. The van der Waals surface area contributed by atoms with Gasteiger partial charge in [-0.15, -0.1) is 0 Å². The summed E-state index contributed by atoms with van der Waals surface area (Å²) in [5.41, 5.74) is 2.24. The molecule has 4 heteroatoms. The lowest BCUT2D eigenvalue weighted by molar-refractivity contribution is -0.139. The first-order chi connectivity index (χ1) is 9.58. The number of aryl methyl sites for hydroxylation is 1. The lowest BCUT2D eigenvalue weighted by Gasteiger charge is -2.24. The van der Waals surface area contributed by atoms with Gasteiger partial charge in [-0.2, -0.15) is 0 Å². The molecule has 0 spiro atoms.